The Hall–Kier alpha value is -2.63. The van der Waals surface area contributed by atoms with Gasteiger partial charge in [0.2, 0.25) is 5.89 Å². The number of fused-ring (bicyclic) bond motifs is 1. The van der Waals surface area contributed by atoms with Crippen molar-refractivity contribution in [2.45, 2.75) is 19.3 Å². The van der Waals surface area contributed by atoms with Gasteiger partial charge >= 0.3 is 5.97 Å². The topological polar surface area (TPSA) is 89.4 Å². The molecule has 6 nitrogen and oxygen atoms in total. The number of furan rings is 1. The number of aryl methyl sites for hydroxylation is 1. The molecule has 0 aliphatic heterocycles. The molecule has 0 aliphatic carbocycles. The first-order valence-electron chi connectivity index (χ1n) is 6.25. The van der Waals surface area contributed by atoms with E-state index in [-0.39, 0.29) is 6.42 Å². The van der Waals surface area contributed by atoms with Gasteiger partial charge in [-0.15, -0.1) is 10.2 Å². The maximum atomic E-state index is 10.4. The van der Waals surface area contributed by atoms with Crippen molar-refractivity contribution in [2.75, 3.05) is 0 Å². The number of hydrogen-bond acceptors (Lipinski definition) is 5. The normalized spacial score (nSPS) is 11.0. The van der Waals surface area contributed by atoms with Crippen molar-refractivity contribution in [1.82, 2.24) is 10.2 Å². The number of carboxylic acid groups (broad SMARTS) is 1. The van der Waals surface area contributed by atoms with Gasteiger partial charge in [0, 0.05) is 18.2 Å². The number of aromatic nitrogens is 2. The van der Waals surface area contributed by atoms with E-state index in [0.717, 1.165) is 11.0 Å². The lowest BCUT2D eigenvalue weighted by Crippen LogP contribution is -1.95. The third kappa shape index (κ3) is 2.54. The number of aliphatic carboxylic acids is 1. The lowest BCUT2D eigenvalue weighted by molar-refractivity contribution is -0.137. The zero-order valence-corrected chi connectivity index (χ0v) is 10.6. The molecule has 102 valence electrons. The van der Waals surface area contributed by atoms with Crippen molar-refractivity contribution >= 4 is 16.9 Å². The minimum atomic E-state index is -0.831. The summed E-state index contributed by atoms with van der Waals surface area (Å²) in [5.74, 6) is 0.415. The molecule has 0 atom stereocenters. The second-order valence-electron chi connectivity index (χ2n) is 4.40. The molecular weight excluding hydrogens is 260 g/mol. The van der Waals surface area contributed by atoms with Crippen LogP contribution in [0.5, 0.6) is 0 Å². The summed E-state index contributed by atoms with van der Waals surface area (Å²) in [4.78, 5) is 10.4. The largest absolute Gasteiger partial charge is 0.481 e. The van der Waals surface area contributed by atoms with Crippen LogP contribution in [0.15, 0.2) is 39.2 Å². The maximum absolute atomic E-state index is 10.4. The number of benzene rings is 1. The van der Waals surface area contributed by atoms with E-state index >= 15 is 0 Å². The Morgan fingerprint density at radius 1 is 1.20 bits per heavy atom. The lowest BCUT2D eigenvalue weighted by Gasteiger charge is -1.91. The predicted octanol–water partition coefficient (Wildman–Crippen LogP) is 2.89. The number of nitrogens with zero attached hydrogens (tertiary/aromatic N) is 2. The van der Waals surface area contributed by atoms with E-state index < -0.39 is 5.97 Å². The predicted molar refractivity (Wildman–Crippen MR) is 70.1 cm³/mol. The van der Waals surface area contributed by atoms with E-state index in [9.17, 15) is 4.79 Å². The molecule has 0 saturated carbocycles. The standard InChI is InChI=1S/C14H12N2O4/c17-13(18)7-3-6-12-15-16-14(20-12)11-8-9-4-1-2-5-10(9)19-11/h1-2,4-5,8H,3,6-7H2,(H,17,18). The summed E-state index contributed by atoms with van der Waals surface area (Å²) in [6, 6.07) is 9.45. The van der Waals surface area contributed by atoms with E-state index in [2.05, 4.69) is 10.2 Å². The Bertz CT molecular complexity index is 711. The average Bonchev–Trinajstić information content (AvgIpc) is 3.03. The summed E-state index contributed by atoms with van der Waals surface area (Å²) >= 11 is 0. The molecule has 2 aromatic heterocycles. The fraction of sp³-hybridized carbons (Fsp3) is 0.214. The smallest absolute Gasteiger partial charge is 0.303 e. The van der Waals surface area contributed by atoms with Crippen LogP contribution in [0.3, 0.4) is 0 Å². The van der Waals surface area contributed by atoms with Gasteiger partial charge in [0.1, 0.15) is 5.58 Å². The number of para-hydroxylation sites is 1. The summed E-state index contributed by atoms with van der Waals surface area (Å²) in [6.07, 6.45) is 0.999. The summed E-state index contributed by atoms with van der Waals surface area (Å²) in [7, 11) is 0. The molecule has 1 aromatic carbocycles. The van der Waals surface area contributed by atoms with Gasteiger partial charge in [0.05, 0.1) is 0 Å². The number of carbonyl (C=O) groups is 1. The first-order chi connectivity index (χ1) is 9.72. The summed E-state index contributed by atoms with van der Waals surface area (Å²) in [5.41, 5.74) is 0.758. The third-order valence-corrected chi connectivity index (χ3v) is 2.88. The van der Waals surface area contributed by atoms with Crippen LogP contribution in [0.4, 0.5) is 0 Å². The van der Waals surface area contributed by atoms with Crippen molar-refractivity contribution in [3.8, 4) is 11.7 Å². The van der Waals surface area contributed by atoms with Crippen molar-refractivity contribution in [1.29, 1.82) is 0 Å². The van der Waals surface area contributed by atoms with Gasteiger partial charge in [-0.1, -0.05) is 18.2 Å². The summed E-state index contributed by atoms with van der Waals surface area (Å²) in [6.45, 7) is 0. The molecule has 0 bridgehead atoms. The summed E-state index contributed by atoms with van der Waals surface area (Å²) in [5, 5.41) is 17.4. The number of carboxylic acids is 1. The highest BCUT2D eigenvalue weighted by atomic mass is 16.4. The van der Waals surface area contributed by atoms with Gasteiger partial charge in [-0.2, -0.15) is 0 Å². The second kappa shape index (κ2) is 5.16. The Morgan fingerprint density at radius 3 is 2.85 bits per heavy atom. The third-order valence-electron chi connectivity index (χ3n) is 2.88. The molecule has 2 heterocycles. The van der Waals surface area contributed by atoms with Gasteiger partial charge < -0.3 is 13.9 Å². The Morgan fingerprint density at radius 2 is 2.05 bits per heavy atom. The van der Waals surface area contributed by atoms with Gasteiger partial charge in [0.25, 0.3) is 5.89 Å². The Balaban J connectivity index is 1.77. The Kier molecular flexibility index (Phi) is 3.20. The molecule has 20 heavy (non-hydrogen) atoms. The first kappa shape index (κ1) is 12.4. The van der Waals surface area contributed by atoms with Gasteiger partial charge in [-0.25, -0.2) is 0 Å². The van der Waals surface area contributed by atoms with Gasteiger partial charge in [-0.05, 0) is 18.6 Å². The average molecular weight is 272 g/mol. The van der Waals surface area contributed by atoms with Crippen LogP contribution >= 0.6 is 0 Å². The van der Waals surface area contributed by atoms with Crippen molar-refractivity contribution in [2.24, 2.45) is 0 Å². The maximum Gasteiger partial charge on any atom is 0.303 e. The van der Waals surface area contributed by atoms with E-state index in [0.29, 0.717) is 30.4 Å². The van der Waals surface area contributed by atoms with Crippen LogP contribution in [-0.4, -0.2) is 21.3 Å². The van der Waals surface area contributed by atoms with Gasteiger partial charge in [-0.3, -0.25) is 4.79 Å². The lowest BCUT2D eigenvalue weighted by atomic mass is 10.2. The Labute approximate surface area is 114 Å². The molecule has 0 unspecified atom stereocenters. The van der Waals surface area contributed by atoms with E-state index in [1.165, 1.54) is 0 Å². The van der Waals surface area contributed by atoms with Crippen LogP contribution in [-0.2, 0) is 11.2 Å². The second-order valence-corrected chi connectivity index (χ2v) is 4.40. The SMILES string of the molecule is O=C(O)CCCc1nnc(-c2cc3ccccc3o2)o1. The van der Waals surface area contributed by atoms with E-state index in [4.69, 9.17) is 13.9 Å². The molecule has 0 spiro atoms. The number of rotatable bonds is 5. The van der Waals surface area contributed by atoms with Crippen LogP contribution in [0, 0.1) is 0 Å². The minimum absolute atomic E-state index is 0.0857. The minimum Gasteiger partial charge on any atom is -0.481 e. The monoisotopic (exact) mass is 272 g/mol. The van der Waals surface area contributed by atoms with Crippen LogP contribution in [0.25, 0.3) is 22.6 Å². The molecule has 0 aliphatic rings. The highest BCUT2D eigenvalue weighted by Gasteiger charge is 2.13. The zero-order valence-electron chi connectivity index (χ0n) is 10.6. The fourth-order valence-corrected chi connectivity index (χ4v) is 1.93. The quantitative estimate of drug-likeness (QED) is 0.768. The van der Waals surface area contributed by atoms with Crippen LogP contribution < -0.4 is 0 Å². The molecule has 3 aromatic rings. The molecule has 1 N–H and O–H groups in total. The van der Waals surface area contributed by atoms with Crippen LogP contribution in [0.2, 0.25) is 0 Å². The van der Waals surface area contributed by atoms with E-state index in [1.807, 2.05) is 30.3 Å². The molecule has 0 radical (unpaired) electrons. The molecule has 0 saturated heterocycles. The molecule has 0 amide bonds. The number of hydrogen-bond donors (Lipinski definition) is 1. The van der Waals surface area contributed by atoms with Crippen LogP contribution in [0.1, 0.15) is 18.7 Å². The summed E-state index contributed by atoms with van der Waals surface area (Å²) < 4.78 is 11.1. The van der Waals surface area contributed by atoms with E-state index in [1.54, 1.807) is 0 Å². The highest BCUT2D eigenvalue weighted by molar-refractivity contribution is 5.81. The molecular formula is C14H12N2O4. The molecule has 6 heteroatoms. The van der Waals surface area contributed by atoms with Crippen molar-refractivity contribution in [3.05, 3.63) is 36.2 Å². The first-order valence-corrected chi connectivity index (χ1v) is 6.25. The molecule has 0 fully saturated rings. The van der Waals surface area contributed by atoms with Gasteiger partial charge in [0.15, 0.2) is 5.76 Å². The fourth-order valence-electron chi connectivity index (χ4n) is 1.93. The highest BCUT2D eigenvalue weighted by Crippen LogP contribution is 2.26. The zero-order chi connectivity index (χ0) is 13.9. The van der Waals surface area contributed by atoms with Crippen molar-refractivity contribution < 1.29 is 18.7 Å². The van der Waals surface area contributed by atoms with Crippen molar-refractivity contribution in [3.63, 3.8) is 0 Å². The molecule has 3 rings (SSSR count).